The summed E-state index contributed by atoms with van der Waals surface area (Å²) in [6, 6.07) is 5.78. The zero-order chi connectivity index (χ0) is 11.7. The van der Waals surface area contributed by atoms with E-state index in [-0.39, 0.29) is 0 Å². The van der Waals surface area contributed by atoms with Crippen LogP contribution in [0.4, 0.5) is 5.00 Å². The quantitative estimate of drug-likeness (QED) is 0.880. The molecule has 0 spiro atoms. The Morgan fingerprint density at radius 1 is 1.44 bits per heavy atom. The van der Waals surface area contributed by atoms with Crippen molar-refractivity contribution in [2.45, 2.75) is 20.3 Å². The van der Waals surface area contributed by atoms with Crippen molar-refractivity contribution >= 4 is 27.9 Å². The molecule has 2 rings (SSSR count). The van der Waals surface area contributed by atoms with Gasteiger partial charge < -0.3 is 5.73 Å². The molecule has 84 valence electrons. The number of rotatable bonds is 2. The van der Waals surface area contributed by atoms with Gasteiger partial charge >= 0.3 is 0 Å². The predicted molar refractivity (Wildman–Crippen MR) is 71.1 cm³/mol. The summed E-state index contributed by atoms with van der Waals surface area (Å²) in [7, 11) is 0. The molecule has 0 saturated carbocycles. The Labute approximate surface area is 104 Å². The van der Waals surface area contributed by atoms with E-state index in [0.29, 0.717) is 0 Å². The molecule has 0 aliphatic rings. The molecule has 0 saturated heterocycles. The van der Waals surface area contributed by atoms with Gasteiger partial charge in [0.2, 0.25) is 0 Å². The van der Waals surface area contributed by atoms with E-state index >= 15 is 0 Å². The van der Waals surface area contributed by atoms with E-state index in [1.165, 1.54) is 0 Å². The molecule has 1 heterocycles. The van der Waals surface area contributed by atoms with Crippen LogP contribution in [0.2, 0.25) is 5.02 Å². The van der Waals surface area contributed by atoms with E-state index in [2.05, 4.69) is 11.9 Å². The predicted octanol–water partition coefficient (Wildman–Crippen LogP) is 3.92. The Morgan fingerprint density at radius 3 is 2.75 bits per heavy atom. The molecule has 2 N–H and O–H groups in total. The zero-order valence-corrected chi connectivity index (χ0v) is 10.8. The number of nitrogens with two attached hydrogens (primary N) is 1. The molecule has 1 aromatic heterocycles. The molecular formula is C12H13ClN2S. The minimum absolute atomic E-state index is 0.741. The minimum Gasteiger partial charge on any atom is -0.389 e. The molecule has 0 amide bonds. The summed E-state index contributed by atoms with van der Waals surface area (Å²) in [5, 5.41) is 2.59. The summed E-state index contributed by atoms with van der Waals surface area (Å²) in [5.74, 6) is 0. The number of hydrogen-bond acceptors (Lipinski definition) is 3. The molecular weight excluding hydrogens is 240 g/mol. The third-order valence-corrected chi connectivity index (χ3v) is 3.71. The molecule has 0 radical (unpaired) electrons. The smallest absolute Gasteiger partial charge is 0.114 e. The molecule has 16 heavy (non-hydrogen) atoms. The van der Waals surface area contributed by atoms with E-state index in [1.54, 1.807) is 11.3 Å². The highest BCUT2D eigenvalue weighted by Crippen LogP contribution is 2.33. The number of aryl methyl sites for hydroxylation is 2. The highest BCUT2D eigenvalue weighted by Gasteiger charge is 2.11. The second-order valence-corrected chi connectivity index (χ2v) is 5.18. The van der Waals surface area contributed by atoms with Crippen LogP contribution in [0.15, 0.2) is 18.2 Å². The first kappa shape index (κ1) is 11.4. The lowest BCUT2D eigenvalue weighted by Gasteiger charge is -2.03. The van der Waals surface area contributed by atoms with Gasteiger partial charge in [-0.2, -0.15) is 0 Å². The highest BCUT2D eigenvalue weighted by molar-refractivity contribution is 7.16. The van der Waals surface area contributed by atoms with Crippen molar-refractivity contribution in [2.24, 2.45) is 0 Å². The van der Waals surface area contributed by atoms with Crippen molar-refractivity contribution in [3.05, 3.63) is 33.8 Å². The van der Waals surface area contributed by atoms with Crippen molar-refractivity contribution in [3.63, 3.8) is 0 Å². The number of nitrogen functional groups attached to an aromatic ring is 1. The maximum Gasteiger partial charge on any atom is 0.114 e. The molecule has 0 unspecified atom stereocenters. The molecule has 0 atom stereocenters. The van der Waals surface area contributed by atoms with Gasteiger partial charge in [0, 0.05) is 10.6 Å². The van der Waals surface area contributed by atoms with Crippen molar-refractivity contribution in [1.29, 1.82) is 0 Å². The van der Waals surface area contributed by atoms with Gasteiger partial charge in [0.05, 0.1) is 5.01 Å². The fraction of sp³-hybridized carbons (Fsp3) is 0.250. The number of thiazole rings is 1. The second kappa shape index (κ2) is 4.44. The van der Waals surface area contributed by atoms with E-state index < -0.39 is 0 Å². The Bertz CT molecular complexity index is 520. The van der Waals surface area contributed by atoms with Crippen LogP contribution < -0.4 is 5.73 Å². The average Bonchev–Trinajstić information content (AvgIpc) is 2.60. The van der Waals surface area contributed by atoms with Gasteiger partial charge in [-0.05, 0) is 31.0 Å². The van der Waals surface area contributed by atoms with Gasteiger partial charge in [-0.25, -0.2) is 4.98 Å². The lowest BCUT2D eigenvalue weighted by Crippen LogP contribution is -1.89. The Balaban J connectivity index is 2.53. The van der Waals surface area contributed by atoms with Crippen molar-refractivity contribution in [2.75, 3.05) is 5.73 Å². The Hall–Kier alpha value is -1.06. The molecule has 2 aromatic rings. The summed E-state index contributed by atoms with van der Waals surface area (Å²) in [6.07, 6.45) is 0.918. The number of hydrogen-bond donors (Lipinski definition) is 1. The van der Waals surface area contributed by atoms with Crippen LogP contribution in [-0.2, 0) is 6.42 Å². The minimum atomic E-state index is 0.741. The summed E-state index contributed by atoms with van der Waals surface area (Å²) >= 11 is 7.48. The van der Waals surface area contributed by atoms with Crippen LogP contribution in [0, 0.1) is 6.92 Å². The highest BCUT2D eigenvalue weighted by atomic mass is 35.5. The molecule has 0 aliphatic heterocycles. The first-order valence-corrected chi connectivity index (χ1v) is 6.33. The summed E-state index contributed by atoms with van der Waals surface area (Å²) in [5.41, 5.74) is 9.04. The van der Waals surface area contributed by atoms with Gasteiger partial charge in [-0.15, -0.1) is 11.3 Å². The van der Waals surface area contributed by atoms with Crippen LogP contribution in [0.3, 0.4) is 0 Å². The number of aromatic nitrogens is 1. The van der Waals surface area contributed by atoms with Crippen LogP contribution in [0.25, 0.3) is 11.3 Å². The average molecular weight is 253 g/mol. The number of halogens is 1. The van der Waals surface area contributed by atoms with E-state index in [0.717, 1.165) is 38.3 Å². The van der Waals surface area contributed by atoms with Gasteiger partial charge in [-0.1, -0.05) is 24.6 Å². The fourth-order valence-corrected chi connectivity index (χ4v) is 2.63. The molecule has 4 heteroatoms. The number of benzene rings is 1. The van der Waals surface area contributed by atoms with Crippen LogP contribution in [0.5, 0.6) is 0 Å². The summed E-state index contributed by atoms with van der Waals surface area (Å²) < 4.78 is 0. The SMILES string of the molecule is CCc1nc(-c2ccc(Cl)cc2C)c(N)s1. The number of nitrogens with zero attached hydrogens (tertiary/aromatic N) is 1. The topological polar surface area (TPSA) is 38.9 Å². The van der Waals surface area contributed by atoms with Crippen molar-refractivity contribution < 1.29 is 0 Å². The molecule has 0 bridgehead atoms. The third-order valence-electron chi connectivity index (χ3n) is 2.44. The molecule has 1 aromatic carbocycles. The zero-order valence-electron chi connectivity index (χ0n) is 9.25. The Kier molecular flexibility index (Phi) is 3.17. The monoisotopic (exact) mass is 252 g/mol. The maximum absolute atomic E-state index is 5.98. The van der Waals surface area contributed by atoms with Crippen LogP contribution in [-0.4, -0.2) is 4.98 Å². The third kappa shape index (κ3) is 2.06. The summed E-state index contributed by atoms with van der Waals surface area (Å²) in [6.45, 7) is 4.10. The van der Waals surface area contributed by atoms with Crippen LogP contribution >= 0.6 is 22.9 Å². The molecule has 0 aliphatic carbocycles. The van der Waals surface area contributed by atoms with E-state index in [9.17, 15) is 0 Å². The van der Waals surface area contributed by atoms with Gasteiger partial charge in [0.25, 0.3) is 0 Å². The van der Waals surface area contributed by atoms with Gasteiger partial charge in [0.15, 0.2) is 0 Å². The largest absolute Gasteiger partial charge is 0.389 e. The molecule has 2 nitrogen and oxygen atoms in total. The lowest BCUT2D eigenvalue weighted by molar-refractivity contribution is 1.10. The van der Waals surface area contributed by atoms with Gasteiger partial charge in [-0.3, -0.25) is 0 Å². The van der Waals surface area contributed by atoms with E-state index in [1.807, 2.05) is 25.1 Å². The maximum atomic E-state index is 5.98. The summed E-state index contributed by atoms with van der Waals surface area (Å²) in [4.78, 5) is 4.54. The normalized spacial score (nSPS) is 10.7. The van der Waals surface area contributed by atoms with E-state index in [4.69, 9.17) is 17.3 Å². The number of anilines is 1. The fourth-order valence-electron chi connectivity index (χ4n) is 1.61. The molecule has 0 fully saturated rings. The standard InChI is InChI=1S/C12H13ClN2S/c1-3-10-15-11(12(14)16-10)9-5-4-8(13)6-7(9)2/h4-6H,3,14H2,1-2H3. The first-order chi connectivity index (χ1) is 7.61. The Morgan fingerprint density at radius 2 is 2.19 bits per heavy atom. The van der Waals surface area contributed by atoms with Gasteiger partial charge in [0.1, 0.15) is 10.7 Å². The second-order valence-electron chi connectivity index (χ2n) is 3.63. The van der Waals surface area contributed by atoms with Crippen molar-refractivity contribution in [3.8, 4) is 11.3 Å². The van der Waals surface area contributed by atoms with Crippen LogP contribution in [0.1, 0.15) is 17.5 Å². The lowest BCUT2D eigenvalue weighted by atomic mass is 10.1. The first-order valence-electron chi connectivity index (χ1n) is 5.13. The van der Waals surface area contributed by atoms with Crippen molar-refractivity contribution in [1.82, 2.24) is 4.98 Å².